The molecule has 0 aliphatic rings. The van der Waals surface area contributed by atoms with Gasteiger partial charge in [-0.25, -0.2) is 4.79 Å². The van der Waals surface area contributed by atoms with Gasteiger partial charge in [-0.15, -0.1) is 14.8 Å². The van der Waals surface area contributed by atoms with Crippen molar-refractivity contribution in [1.82, 2.24) is 19.8 Å². The van der Waals surface area contributed by atoms with Gasteiger partial charge in [0.05, 0.1) is 0 Å². The topological polar surface area (TPSA) is 100 Å². The van der Waals surface area contributed by atoms with Crippen molar-refractivity contribution in [3.8, 4) is 0 Å². The molecule has 0 aromatic carbocycles. The fourth-order valence-electron chi connectivity index (χ4n) is 1.10. The number of aromatic nitrogens is 4. The number of nitrogens with zero attached hydrogens (tertiary/aromatic N) is 3. The monoisotopic (exact) mass is 194 g/mol. The number of rotatable bonds is 1. The van der Waals surface area contributed by atoms with Gasteiger partial charge >= 0.3 is 5.97 Å². The second kappa shape index (κ2) is 2.66. The van der Waals surface area contributed by atoms with E-state index in [1.54, 1.807) is 6.92 Å². The summed E-state index contributed by atoms with van der Waals surface area (Å²) in [7, 11) is 0. The summed E-state index contributed by atoms with van der Waals surface area (Å²) in [6.07, 6.45) is 0. The van der Waals surface area contributed by atoms with Gasteiger partial charge < -0.3 is 10.1 Å². The van der Waals surface area contributed by atoms with Crippen molar-refractivity contribution >= 4 is 11.5 Å². The molecule has 0 aliphatic heterocycles. The number of nitrogens with one attached hydrogen (secondary N) is 1. The number of hydrogen-bond acceptors (Lipinski definition) is 4. The molecule has 14 heavy (non-hydrogen) atoms. The zero-order valence-electron chi connectivity index (χ0n) is 7.18. The van der Waals surface area contributed by atoms with E-state index in [-0.39, 0.29) is 11.2 Å². The van der Waals surface area contributed by atoms with Crippen LogP contribution in [0, 0.1) is 6.92 Å². The molecule has 0 spiro atoms. The van der Waals surface area contributed by atoms with Crippen LogP contribution in [0.1, 0.15) is 16.3 Å². The summed E-state index contributed by atoms with van der Waals surface area (Å²) < 4.78 is 1.01. The second-order valence-electron chi connectivity index (χ2n) is 2.75. The molecule has 2 aromatic rings. The molecular weight excluding hydrogens is 188 g/mol. The average Bonchev–Trinajstić information content (AvgIpc) is 2.47. The van der Waals surface area contributed by atoms with E-state index in [1.807, 2.05) is 0 Å². The molecule has 0 fully saturated rings. The molecule has 0 unspecified atom stereocenters. The van der Waals surface area contributed by atoms with E-state index in [1.165, 1.54) is 6.07 Å². The van der Waals surface area contributed by atoms with Crippen molar-refractivity contribution < 1.29 is 9.90 Å². The number of aryl methyl sites for hydroxylation is 1. The van der Waals surface area contributed by atoms with Crippen LogP contribution in [0.5, 0.6) is 0 Å². The molecule has 0 aliphatic carbocycles. The highest BCUT2D eigenvalue weighted by atomic mass is 16.4. The Bertz CT molecular complexity index is 568. The van der Waals surface area contributed by atoms with E-state index < -0.39 is 11.5 Å². The van der Waals surface area contributed by atoms with E-state index in [0.29, 0.717) is 5.82 Å². The molecule has 0 bridgehead atoms. The largest absolute Gasteiger partial charge is 0.476 e. The van der Waals surface area contributed by atoms with Crippen molar-refractivity contribution in [1.29, 1.82) is 0 Å². The lowest BCUT2D eigenvalue weighted by Gasteiger charge is -1.91. The molecule has 0 amide bonds. The first kappa shape index (κ1) is 8.42. The third-order valence-electron chi connectivity index (χ3n) is 1.68. The summed E-state index contributed by atoms with van der Waals surface area (Å²) in [4.78, 5) is 24.3. The molecule has 0 atom stereocenters. The highest BCUT2D eigenvalue weighted by molar-refractivity contribution is 5.86. The minimum absolute atomic E-state index is 0.119. The number of hydrogen-bond donors (Lipinski definition) is 2. The van der Waals surface area contributed by atoms with E-state index >= 15 is 0 Å². The lowest BCUT2D eigenvalue weighted by Crippen LogP contribution is -2.14. The maximum atomic E-state index is 11.3. The maximum Gasteiger partial charge on any atom is 0.356 e. The molecular formula is C7H6N4O3. The van der Waals surface area contributed by atoms with Crippen LogP contribution in [-0.2, 0) is 0 Å². The van der Waals surface area contributed by atoms with Crippen LogP contribution in [0.2, 0.25) is 0 Å². The molecule has 2 aromatic heterocycles. The molecule has 0 radical (unpaired) electrons. The molecule has 72 valence electrons. The zero-order valence-corrected chi connectivity index (χ0v) is 7.18. The standard InChI is InChI=1S/C7H6N4O3/c1-3-8-6(12)5-2-4(7(13)14)10-11(5)9-3/h2H,1H3,(H,13,14)(H,8,9,12). The summed E-state index contributed by atoms with van der Waals surface area (Å²) >= 11 is 0. The summed E-state index contributed by atoms with van der Waals surface area (Å²) in [6, 6.07) is 1.17. The summed E-state index contributed by atoms with van der Waals surface area (Å²) in [6.45, 7) is 1.59. The van der Waals surface area contributed by atoms with E-state index in [0.717, 1.165) is 4.63 Å². The quantitative estimate of drug-likeness (QED) is 0.632. The van der Waals surface area contributed by atoms with Crippen LogP contribution in [-0.4, -0.2) is 30.9 Å². The average molecular weight is 194 g/mol. The van der Waals surface area contributed by atoms with Crippen LogP contribution in [0.3, 0.4) is 0 Å². The number of carbonyl (C=O) groups is 1. The minimum atomic E-state index is -1.19. The molecule has 2 rings (SSSR count). The Morgan fingerprint density at radius 3 is 2.93 bits per heavy atom. The number of fused-ring (bicyclic) bond motifs is 1. The highest BCUT2D eigenvalue weighted by Crippen LogP contribution is 1.99. The van der Waals surface area contributed by atoms with Gasteiger partial charge in [-0.1, -0.05) is 0 Å². The fourth-order valence-corrected chi connectivity index (χ4v) is 1.10. The van der Waals surface area contributed by atoms with Crippen molar-refractivity contribution in [2.75, 3.05) is 0 Å². The lowest BCUT2D eigenvalue weighted by atomic mass is 10.4. The molecule has 7 heteroatoms. The first-order valence-corrected chi connectivity index (χ1v) is 3.78. The Morgan fingerprint density at radius 1 is 1.57 bits per heavy atom. The second-order valence-corrected chi connectivity index (χ2v) is 2.75. The molecule has 2 heterocycles. The van der Waals surface area contributed by atoms with Crippen molar-refractivity contribution in [2.24, 2.45) is 0 Å². The van der Waals surface area contributed by atoms with Crippen LogP contribution in [0.15, 0.2) is 10.9 Å². The highest BCUT2D eigenvalue weighted by Gasteiger charge is 2.11. The summed E-state index contributed by atoms with van der Waals surface area (Å²) in [5.74, 6) is -0.810. The number of carboxylic acid groups (broad SMARTS) is 1. The van der Waals surface area contributed by atoms with Gasteiger partial charge in [-0.2, -0.15) is 0 Å². The Morgan fingerprint density at radius 2 is 2.29 bits per heavy atom. The number of H-pyrrole nitrogens is 1. The Labute approximate surface area is 77.0 Å². The number of carboxylic acids is 1. The molecule has 7 nitrogen and oxygen atoms in total. The van der Waals surface area contributed by atoms with Gasteiger partial charge in [0.1, 0.15) is 5.82 Å². The Hall–Kier alpha value is -2.18. The molecule has 0 saturated heterocycles. The minimum Gasteiger partial charge on any atom is -0.476 e. The number of aromatic carboxylic acids is 1. The van der Waals surface area contributed by atoms with Crippen LogP contribution in [0.25, 0.3) is 5.52 Å². The van der Waals surface area contributed by atoms with Gasteiger partial charge in [0.15, 0.2) is 11.2 Å². The third-order valence-corrected chi connectivity index (χ3v) is 1.68. The van der Waals surface area contributed by atoms with Crippen molar-refractivity contribution in [3.63, 3.8) is 0 Å². The molecule has 0 saturated carbocycles. The van der Waals surface area contributed by atoms with Gasteiger partial charge in [0.25, 0.3) is 5.56 Å². The van der Waals surface area contributed by atoms with E-state index in [2.05, 4.69) is 15.2 Å². The Balaban J connectivity index is 2.83. The SMILES string of the molecule is Cc1nn2nc(C(=O)O)cc2c(=O)[nH]1. The van der Waals surface area contributed by atoms with E-state index in [4.69, 9.17) is 5.11 Å². The predicted molar refractivity (Wildman–Crippen MR) is 45.3 cm³/mol. The van der Waals surface area contributed by atoms with Crippen LogP contribution >= 0.6 is 0 Å². The summed E-state index contributed by atoms with van der Waals surface area (Å²) in [5, 5.41) is 16.1. The fraction of sp³-hybridized carbons (Fsp3) is 0.143. The van der Waals surface area contributed by atoms with Crippen LogP contribution in [0.4, 0.5) is 0 Å². The van der Waals surface area contributed by atoms with Gasteiger partial charge in [0.2, 0.25) is 0 Å². The van der Waals surface area contributed by atoms with Crippen molar-refractivity contribution in [2.45, 2.75) is 6.92 Å². The first-order chi connectivity index (χ1) is 6.58. The van der Waals surface area contributed by atoms with Crippen LogP contribution < -0.4 is 5.56 Å². The maximum absolute atomic E-state index is 11.3. The lowest BCUT2D eigenvalue weighted by molar-refractivity contribution is 0.0690. The third kappa shape index (κ3) is 1.15. The Kier molecular flexibility index (Phi) is 1.60. The summed E-state index contributed by atoms with van der Waals surface area (Å²) in [5.41, 5.74) is -0.487. The van der Waals surface area contributed by atoms with Crippen molar-refractivity contribution in [3.05, 3.63) is 27.9 Å². The van der Waals surface area contributed by atoms with Gasteiger partial charge in [-0.3, -0.25) is 4.79 Å². The first-order valence-electron chi connectivity index (χ1n) is 3.78. The normalized spacial score (nSPS) is 10.6. The smallest absolute Gasteiger partial charge is 0.356 e. The van der Waals surface area contributed by atoms with Gasteiger partial charge in [0, 0.05) is 6.07 Å². The van der Waals surface area contributed by atoms with Gasteiger partial charge in [-0.05, 0) is 6.92 Å². The number of aromatic amines is 1. The predicted octanol–water partition coefficient (Wildman–Crippen LogP) is -0.576. The molecule has 2 N–H and O–H groups in total. The zero-order chi connectivity index (χ0) is 10.3. The van der Waals surface area contributed by atoms with E-state index in [9.17, 15) is 9.59 Å².